The van der Waals surface area contributed by atoms with Crippen LogP contribution in [0.3, 0.4) is 0 Å². The van der Waals surface area contributed by atoms with E-state index >= 15 is 0 Å². The molecule has 2 aromatic heterocycles. The Bertz CT molecular complexity index is 579. The van der Waals surface area contributed by atoms with E-state index in [1.54, 1.807) is 30.7 Å². The van der Waals surface area contributed by atoms with E-state index in [0.717, 1.165) is 37.2 Å². The van der Waals surface area contributed by atoms with Crippen LogP contribution in [0.2, 0.25) is 0 Å². The van der Waals surface area contributed by atoms with Gasteiger partial charge in [-0.1, -0.05) is 0 Å². The SMILES string of the molecule is O=C(c1ccnc(-c2cncnc2)c1)N1CCCC1. The van der Waals surface area contributed by atoms with Crippen LogP contribution in [0.5, 0.6) is 0 Å². The quantitative estimate of drug-likeness (QED) is 0.819. The van der Waals surface area contributed by atoms with Crippen molar-refractivity contribution in [1.29, 1.82) is 0 Å². The molecule has 1 aliphatic rings. The first-order chi connectivity index (χ1) is 9.34. The summed E-state index contributed by atoms with van der Waals surface area (Å²) in [5.74, 6) is 0.0815. The minimum atomic E-state index is 0.0815. The van der Waals surface area contributed by atoms with Gasteiger partial charge in [-0.2, -0.15) is 0 Å². The molecule has 1 saturated heterocycles. The third-order valence-corrected chi connectivity index (χ3v) is 3.26. The van der Waals surface area contributed by atoms with Crippen molar-refractivity contribution in [2.24, 2.45) is 0 Å². The van der Waals surface area contributed by atoms with Crippen LogP contribution in [0, 0.1) is 0 Å². The van der Waals surface area contributed by atoms with Gasteiger partial charge in [0.1, 0.15) is 6.33 Å². The number of carbonyl (C=O) groups is 1. The van der Waals surface area contributed by atoms with Crippen molar-refractivity contribution in [3.05, 3.63) is 42.6 Å². The molecule has 5 heteroatoms. The summed E-state index contributed by atoms with van der Waals surface area (Å²) in [6.07, 6.45) is 8.71. The molecule has 2 aromatic rings. The van der Waals surface area contributed by atoms with Crippen LogP contribution in [-0.4, -0.2) is 38.8 Å². The van der Waals surface area contributed by atoms with Gasteiger partial charge in [-0.3, -0.25) is 9.78 Å². The number of nitrogens with zero attached hydrogens (tertiary/aromatic N) is 4. The smallest absolute Gasteiger partial charge is 0.253 e. The molecular weight excluding hydrogens is 240 g/mol. The molecule has 0 atom stereocenters. The summed E-state index contributed by atoms with van der Waals surface area (Å²) in [6.45, 7) is 1.70. The maximum atomic E-state index is 12.3. The molecule has 5 nitrogen and oxygen atoms in total. The van der Waals surface area contributed by atoms with Gasteiger partial charge in [-0.05, 0) is 25.0 Å². The predicted molar refractivity (Wildman–Crippen MR) is 70.4 cm³/mol. The molecule has 1 amide bonds. The van der Waals surface area contributed by atoms with Crippen LogP contribution < -0.4 is 0 Å². The highest BCUT2D eigenvalue weighted by Gasteiger charge is 2.19. The topological polar surface area (TPSA) is 59.0 Å². The van der Waals surface area contributed by atoms with E-state index in [-0.39, 0.29) is 5.91 Å². The van der Waals surface area contributed by atoms with Gasteiger partial charge in [0.25, 0.3) is 5.91 Å². The minimum absolute atomic E-state index is 0.0815. The summed E-state index contributed by atoms with van der Waals surface area (Å²) >= 11 is 0. The summed E-state index contributed by atoms with van der Waals surface area (Å²) < 4.78 is 0. The van der Waals surface area contributed by atoms with Crippen molar-refractivity contribution < 1.29 is 4.79 Å². The lowest BCUT2D eigenvalue weighted by atomic mass is 10.1. The molecule has 0 radical (unpaired) electrons. The molecule has 19 heavy (non-hydrogen) atoms. The minimum Gasteiger partial charge on any atom is -0.339 e. The molecular formula is C14H14N4O. The number of hydrogen-bond acceptors (Lipinski definition) is 4. The molecule has 0 saturated carbocycles. The Morgan fingerprint density at radius 3 is 2.63 bits per heavy atom. The highest BCUT2D eigenvalue weighted by Crippen LogP contribution is 2.18. The van der Waals surface area contributed by atoms with E-state index in [1.165, 1.54) is 6.33 Å². The van der Waals surface area contributed by atoms with Crippen molar-refractivity contribution in [3.8, 4) is 11.3 Å². The van der Waals surface area contributed by atoms with Crippen molar-refractivity contribution in [2.45, 2.75) is 12.8 Å². The summed E-state index contributed by atoms with van der Waals surface area (Å²) in [6, 6.07) is 3.56. The highest BCUT2D eigenvalue weighted by molar-refractivity contribution is 5.95. The molecule has 1 aliphatic heterocycles. The van der Waals surface area contributed by atoms with Crippen molar-refractivity contribution in [3.63, 3.8) is 0 Å². The van der Waals surface area contributed by atoms with Crippen LogP contribution in [0.1, 0.15) is 23.2 Å². The summed E-state index contributed by atoms with van der Waals surface area (Å²) in [7, 11) is 0. The van der Waals surface area contributed by atoms with Crippen molar-refractivity contribution in [2.75, 3.05) is 13.1 Å². The Morgan fingerprint density at radius 2 is 1.89 bits per heavy atom. The Hall–Kier alpha value is -2.30. The summed E-state index contributed by atoms with van der Waals surface area (Å²) in [5, 5.41) is 0. The van der Waals surface area contributed by atoms with Gasteiger partial charge in [-0.15, -0.1) is 0 Å². The lowest BCUT2D eigenvalue weighted by molar-refractivity contribution is 0.0793. The Balaban J connectivity index is 1.89. The van der Waals surface area contributed by atoms with E-state index in [2.05, 4.69) is 15.0 Å². The largest absolute Gasteiger partial charge is 0.339 e. The van der Waals surface area contributed by atoms with Gasteiger partial charge < -0.3 is 4.90 Å². The van der Waals surface area contributed by atoms with Gasteiger partial charge in [0, 0.05) is 42.8 Å². The molecule has 3 rings (SSSR count). The molecule has 0 aliphatic carbocycles. The standard InChI is InChI=1S/C14H14N4O/c19-14(18-5-1-2-6-18)11-3-4-17-13(7-11)12-8-15-10-16-9-12/h3-4,7-10H,1-2,5-6H2. The van der Waals surface area contributed by atoms with Gasteiger partial charge in [0.05, 0.1) is 5.69 Å². The second kappa shape index (κ2) is 5.14. The zero-order valence-electron chi connectivity index (χ0n) is 10.5. The molecule has 3 heterocycles. The van der Waals surface area contributed by atoms with Gasteiger partial charge in [0.15, 0.2) is 0 Å². The van der Waals surface area contributed by atoms with Gasteiger partial charge in [0.2, 0.25) is 0 Å². The van der Waals surface area contributed by atoms with E-state index in [9.17, 15) is 4.79 Å². The first-order valence-electron chi connectivity index (χ1n) is 6.35. The first-order valence-corrected chi connectivity index (χ1v) is 6.35. The molecule has 0 unspecified atom stereocenters. The normalized spacial score (nSPS) is 14.6. The summed E-state index contributed by atoms with van der Waals surface area (Å²) in [5.41, 5.74) is 2.22. The van der Waals surface area contributed by atoms with Gasteiger partial charge >= 0.3 is 0 Å². The second-order valence-electron chi connectivity index (χ2n) is 4.56. The molecule has 96 valence electrons. The highest BCUT2D eigenvalue weighted by atomic mass is 16.2. The van der Waals surface area contributed by atoms with Gasteiger partial charge in [-0.25, -0.2) is 9.97 Å². The molecule has 0 spiro atoms. The average Bonchev–Trinajstić information content (AvgIpc) is 3.02. The van der Waals surface area contributed by atoms with Crippen LogP contribution >= 0.6 is 0 Å². The van der Waals surface area contributed by atoms with Crippen LogP contribution in [0.4, 0.5) is 0 Å². The van der Waals surface area contributed by atoms with Crippen molar-refractivity contribution in [1.82, 2.24) is 19.9 Å². The number of likely N-dealkylation sites (tertiary alicyclic amines) is 1. The third-order valence-electron chi connectivity index (χ3n) is 3.26. The Morgan fingerprint density at radius 1 is 1.16 bits per heavy atom. The van der Waals surface area contributed by atoms with E-state index in [4.69, 9.17) is 0 Å². The second-order valence-corrected chi connectivity index (χ2v) is 4.56. The zero-order chi connectivity index (χ0) is 13.1. The fraction of sp³-hybridized carbons (Fsp3) is 0.286. The monoisotopic (exact) mass is 254 g/mol. The number of pyridine rings is 1. The summed E-state index contributed by atoms with van der Waals surface area (Å²) in [4.78, 5) is 26.4. The van der Waals surface area contributed by atoms with E-state index < -0.39 is 0 Å². The number of hydrogen-bond donors (Lipinski definition) is 0. The molecule has 1 fully saturated rings. The van der Waals surface area contributed by atoms with Crippen LogP contribution in [0.25, 0.3) is 11.3 Å². The number of aromatic nitrogens is 3. The molecule has 0 N–H and O–H groups in total. The maximum absolute atomic E-state index is 12.3. The average molecular weight is 254 g/mol. The van der Waals surface area contributed by atoms with E-state index in [1.807, 2.05) is 4.90 Å². The molecule has 0 bridgehead atoms. The predicted octanol–water partition coefficient (Wildman–Crippen LogP) is 1.77. The lowest BCUT2D eigenvalue weighted by Gasteiger charge is -2.15. The number of carbonyl (C=O) groups excluding carboxylic acids is 1. The zero-order valence-corrected chi connectivity index (χ0v) is 10.5. The third kappa shape index (κ3) is 2.45. The first kappa shape index (κ1) is 11.8. The maximum Gasteiger partial charge on any atom is 0.253 e. The Labute approximate surface area is 111 Å². The van der Waals surface area contributed by atoms with Crippen LogP contribution in [-0.2, 0) is 0 Å². The molecule has 0 aromatic carbocycles. The number of amides is 1. The fourth-order valence-corrected chi connectivity index (χ4v) is 2.26. The Kier molecular flexibility index (Phi) is 3.18. The fourth-order valence-electron chi connectivity index (χ4n) is 2.26. The lowest BCUT2D eigenvalue weighted by Crippen LogP contribution is -2.27. The number of rotatable bonds is 2. The van der Waals surface area contributed by atoms with Crippen molar-refractivity contribution >= 4 is 5.91 Å². The van der Waals surface area contributed by atoms with E-state index in [0.29, 0.717) is 5.56 Å². The van der Waals surface area contributed by atoms with Crippen LogP contribution in [0.15, 0.2) is 37.1 Å².